The fourth-order valence-electron chi connectivity index (χ4n) is 1.49. The van der Waals surface area contributed by atoms with Gasteiger partial charge in [0.2, 0.25) is 0 Å². The van der Waals surface area contributed by atoms with Crippen molar-refractivity contribution < 1.29 is 5.11 Å². The minimum atomic E-state index is 0.164. The van der Waals surface area contributed by atoms with Crippen LogP contribution in [0.5, 0.6) is 0 Å². The smallest absolute Gasteiger partial charge is 0.150 e. The third kappa shape index (κ3) is 2.32. The molecule has 0 saturated carbocycles. The second kappa shape index (κ2) is 5.03. The van der Waals surface area contributed by atoms with Gasteiger partial charge in [0.05, 0.1) is 0 Å². The molecule has 80 valence electrons. The predicted molar refractivity (Wildman–Crippen MR) is 75.2 cm³/mol. The summed E-state index contributed by atoms with van der Waals surface area (Å²) in [6.45, 7) is 0.164. The second-order valence-corrected chi connectivity index (χ2v) is 5.68. The Morgan fingerprint density at radius 1 is 1.60 bits per heavy atom. The van der Waals surface area contributed by atoms with Crippen LogP contribution in [0.4, 0.5) is 0 Å². The molecule has 6 heteroatoms. The number of aliphatic hydroxyl groups is 1. The molecular formula is C9H8BrIN2OS. The molecule has 0 aliphatic carbocycles. The van der Waals surface area contributed by atoms with Crippen LogP contribution in [0.2, 0.25) is 0 Å². The molecule has 2 aromatic rings. The summed E-state index contributed by atoms with van der Waals surface area (Å²) in [7, 11) is 1.58. The Morgan fingerprint density at radius 3 is 3.07 bits per heavy atom. The zero-order valence-corrected chi connectivity index (χ0v) is 12.2. The van der Waals surface area contributed by atoms with Gasteiger partial charge in [-0.1, -0.05) is 0 Å². The highest BCUT2D eigenvalue weighted by Crippen LogP contribution is 2.28. The maximum atomic E-state index is 8.98. The van der Waals surface area contributed by atoms with Crippen molar-refractivity contribution in [3.63, 3.8) is 0 Å². The lowest BCUT2D eigenvalue weighted by molar-refractivity contribution is 0.300. The van der Waals surface area contributed by atoms with Gasteiger partial charge in [-0.25, -0.2) is 4.98 Å². The summed E-state index contributed by atoms with van der Waals surface area (Å²) in [5, 5.41) is 10.1. The Labute approximate surface area is 112 Å². The molecule has 0 aliphatic rings. The van der Waals surface area contributed by atoms with E-state index in [0.29, 0.717) is 6.42 Å². The molecule has 1 N–H and O–H groups in total. The van der Waals surface area contributed by atoms with Crippen molar-refractivity contribution in [2.45, 2.75) is 6.42 Å². The average molecular weight is 399 g/mol. The minimum absolute atomic E-state index is 0.164. The first-order chi connectivity index (χ1) is 7.26. The molecule has 3 nitrogen and oxygen atoms in total. The number of fused-ring (bicyclic) bond motifs is 1. The van der Waals surface area contributed by atoms with Gasteiger partial charge < -0.3 is 5.11 Å². The van der Waals surface area contributed by atoms with Crippen molar-refractivity contribution >= 4 is 57.3 Å². The zero-order valence-electron chi connectivity index (χ0n) is 7.65. The van der Waals surface area contributed by atoms with Crippen LogP contribution in [-0.2, 0) is 6.42 Å². The fraction of sp³-hybridized carbons (Fsp3) is 0.222. The highest BCUT2D eigenvalue weighted by Gasteiger charge is 2.09. The van der Waals surface area contributed by atoms with E-state index in [1.54, 1.807) is 15.3 Å². The fourth-order valence-corrected chi connectivity index (χ4v) is 3.10. The van der Waals surface area contributed by atoms with Crippen molar-refractivity contribution in [2.75, 3.05) is 6.61 Å². The summed E-state index contributed by atoms with van der Waals surface area (Å²) < 4.78 is 2.97. The van der Waals surface area contributed by atoms with Crippen LogP contribution in [0.1, 0.15) is 5.56 Å². The predicted octanol–water partition coefficient (Wildman–Crippen LogP) is 3.18. The van der Waals surface area contributed by atoms with E-state index in [1.165, 1.54) is 0 Å². The van der Waals surface area contributed by atoms with Gasteiger partial charge in [0.25, 0.3) is 0 Å². The standard InChI is InChI=1S/C9H8BrIN2OS/c10-7-3-8-6(1-2-14)5-13(15-11)9(8)12-4-7/h3-5,14H,1-2H2. The summed E-state index contributed by atoms with van der Waals surface area (Å²) in [6, 6.07) is 2.04. The summed E-state index contributed by atoms with van der Waals surface area (Å²) in [5.41, 5.74) is 2.08. The quantitative estimate of drug-likeness (QED) is 0.807. The number of rotatable bonds is 3. The first-order valence-electron chi connectivity index (χ1n) is 4.31. The molecule has 0 aliphatic heterocycles. The summed E-state index contributed by atoms with van der Waals surface area (Å²) >= 11 is 5.62. The number of halogens is 2. The first-order valence-corrected chi connectivity index (χ1v) is 8.42. The van der Waals surface area contributed by atoms with Crippen molar-refractivity contribution in [3.8, 4) is 0 Å². The van der Waals surface area contributed by atoms with E-state index in [0.717, 1.165) is 21.1 Å². The minimum Gasteiger partial charge on any atom is -0.396 e. The van der Waals surface area contributed by atoms with Crippen molar-refractivity contribution in [3.05, 3.63) is 28.5 Å². The molecule has 0 unspecified atom stereocenters. The lowest BCUT2D eigenvalue weighted by Gasteiger charge is -1.96. The Hall–Kier alpha value is 0.210. The van der Waals surface area contributed by atoms with E-state index in [9.17, 15) is 0 Å². The molecule has 0 amide bonds. The van der Waals surface area contributed by atoms with E-state index >= 15 is 0 Å². The molecule has 0 atom stereocenters. The topological polar surface area (TPSA) is 38.0 Å². The Kier molecular flexibility index (Phi) is 3.92. The third-order valence-electron chi connectivity index (χ3n) is 2.12. The molecule has 0 radical (unpaired) electrons. The Morgan fingerprint density at radius 2 is 2.40 bits per heavy atom. The van der Waals surface area contributed by atoms with Gasteiger partial charge in [0, 0.05) is 59.2 Å². The summed E-state index contributed by atoms with van der Waals surface area (Å²) in [4.78, 5) is 4.36. The maximum Gasteiger partial charge on any atom is 0.150 e. The summed E-state index contributed by atoms with van der Waals surface area (Å²) in [5.74, 6) is 0. The van der Waals surface area contributed by atoms with Crippen LogP contribution in [-0.4, -0.2) is 20.7 Å². The van der Waals surface area contributed by atoms with Crippen molar-refractivity contribution in [1.82, 2.24) is 8.96 Å². The van der Waals surface area contributed by atoms with Gasteiger partial charge in [-0.05, 0) is 34.0 Å². The zero-order chi connectivity index (χ0) is 10.8. The van der Waals surface area contributed by atoms with Gasteiger partial charge in [-0.15, -0.1) is 0 Å². The van der Waals surface area contributed by atoms with Crippen LogP contribution in [0, 0.1) is 0 Å². The number of hydrogen-bond acceptors (Lipinski definition) is 3. The van der Waals surface area contributed by atoms with E-state index < -0.39 is 0 Å². The van der Waals surface area contributed by atoms with Gasteiger partial charge >= 0.3 is 0 Å². The van der Waals surface area contributed by atoms with Crippen LogP contribution in [0.3, 0.4) is 0 Å². The third-order valence-corrected chi connectivity index (χ3v) is 4.25. The Balaban J connectivity index is 2.64. The number of aliphatic hydroxyl groups excluding tert-OH is 1. The number of aromatic nitrogens is 2. The largest absolute Gasteiger partial charge is 0.396 e. The molecule has 0 fully saturated rings. The normalized spacial score (nSPS) is 11.1. The lowest BCUT2D eigenvalue weighted by Crippen LogP contribution is -1.88. The monoisotopic (exact) mass is 398 g/mol. The van der Waals surface area contributed by atoms with E-state index in [4.69, 9.17) is 5.11 Å². The maximum absolute atomic E-state index is 8.98. The van der Waals surface area contributed by atoms with Crippen LogP contribution in [0.25, 0.3) is 11.0 Å². The molecule has 2 aromatic heterocycles. The summed E-state index contributed by atoms with van der Waals surface area (Å²) in [6.07, 6.45) is 4.48. The molecular weight excluding hydrogens is 391 g/mol. The van der Waals surface area contributed by atoms with E-state index in [-0.39, 0.29) is 6.61 Å². The highest BCUT2D eigenvalue weighted by atomic mass is 127. The number of hydrogen-bond donors (Lipinski definition) is 1. The van der Waals surface area contributed by atoms with Crippen molar-refractivity contribution in [1.29, 1.82) is 0 Å². The second-order valence-electron chi connectivity index (χ2n) is 3.05. The molecule has 15 heavy (non-hydrogen) atoms. The number of nitrogens with zero attached hydrogens (tertiary/aromatic N) is 2. The molecule has 0 spiro atoms. The van der Waals surface area contributed by atoms with E-state index in [2.05, 4.69) is 42.1 Å². The molecule has 0 saturated heterocycles. The van der Waals surface area contributed by atoms with Crippen LogP contribution in [0.15, 0.2) is 22.9 Å². The van der Waals surface area contributed by atoms with Crippen LogP contribution < -0.4 is 0 Å². The lowest BCUT2D eigenvalue weighted by atomic mass is 10.2. The first kappa shape index (κ1) is 11.7. The van der Waals surface area contributed by atoms with E-state index in [1.807, 2.05) is 16.2 Å². The molecule has 2 heterocycles. The van der Waals surface area contributed by atoms with Gasteiger partial charge in [0.1, 0.15) is 0 Å². The average Bonchev–Trinajstić information content (AvgIpc) is 2.57. The Bertz CT molecular complexity index is 488. The number of pyridine rings is 1. The molecule has 0 bridgehead atoms. The van der Waals surface area contributed by atoms with Gasteiger partial charge in [-0.3, -0.25) is 3.97 Å². The van der Waals surface area contributed by atoms with Gasteiger partial charge in [0.15, 0.2) is 5.65 Å². The SMILES string of the molecule is OCCc1cn(SI)c2ncc(Br)cc12. The van der Waals surface area contributed by atoms with Crippen molar-refractivity contribution in [2.24, 2.45) is 0 Å². The molecule has 2 rings (SSSR count). The highest BCUT2D eigenvalue weighted by molar-refractivity contribution is 14.2. The van der Waals surface area contributed by atoms with Gasteiger partial charge in [-0.2, -0.15) is 0 Å². The molecule has 0 aromatic carbocycles. The van der Waals surface area contributed by atoms with Crippen LogP contribution >= 0.6 is 46.3 Å².